The van der Waals surface area contributed by atoms with E-state index in [0.717, 1.165) is 6.08 Å². The Morgan fingerprint density at radius 3 is 2.44 bits per heavy atom. The quantitative estimate of drug-likeness (QED) is 0.0977. The number of nitrogens with zero attached hydrogens (tertiary/aromatic N) is 1. The number of carbonyl (C=O) groups excluding carboxylic acids is 3. The zero-order valence-electron chi connectivity index (χ0n) is 22.3. The summed E-state index contributed by atoms with van der Waals surface area (Å²) in [7, 11) is 0. The number of rotatable bonds is 12. The Hall–Kier alpha value is -3.96. The predicted octanol–water partition coefficient (Wildman–Crippen LogP) is 3.47. The van der Waals surface area contributed by atoms with Crippen LogP contribution in [0.3, 0.4) is 0 Å². The molecule has 212 valence electrons. The van der Waals surface area contributed by atoms with E-state index in [0.29, 0.717) is 25.3 Å². The van der Waals surface area contributed by atoms with Gasteiger partial charge in [0.15, 0.2) is 0 Å². The largest absolute Gasteiger partial charge is 0.508 e. The van der Waals surface area contributed by atoms with E-state index in [4.69, 9.17) is 14.6 Å². The summed E-state index contributed by atoms with van der Waals surface area (Å²) in [4.78, 5) is 63.5. The molecule has 0 aliphatic heterocycles. The number of carboxylic acids is 1. The maximum atomic E-state index is 12.9. The number of phenolic OH excluding ortho intramolecular Hbond substituents is 1. The first-order valence-corrected chi connectivity index (χ1v) is 12.6. The van der Waals surface area contributed by atoms with E-state index in [1.807, 2.05) is 13.8 Å². The molecule has 2 N–H and O–H groups in total. The molecule has 12 heteroatoms. The molecule has 3 saturated carbocycles. The van der Waals surface area contributed by atoms with E-state index in [1.165, 1.54) is 12.1 Å². The molecule has 0 saturated heterocycles. The highest BCUT2D eigenvalue weighted by Crippen LogP contribution is 2.64. The molecule has 1 aromatic carbocycles. The summed E-state index contributed by atoms with van der Waals surface area (Å²) in [6, 6.07) is 2.81. The van der Waals surface area contributed by atoms with Gasteiger partial charge in [-0.15, -0.1) is 10.1 Å². The molecular formula is C27H33NO11. The molecule has 0 spiro atoms. The maximum Gasteiger partial charge on any atom is 0.336 e. The number of hydrogen-bond acceptors (Lipinski definition) is 10. The van der Waals surface area contributed by atoms with Crippen molar-refractivity contribution in [3.63, 3.8) is 0 Å². The van der Waals surface area contributed by atoms with Gasteiger partial charge in [-0.25, -0.2) is 9.59 Å². The van der Waals surface area contributed by atoms with Crippen molar-refractivity contribution in [2.75, 3.05) is 13.2 Å². The van der Waals surface area contributed by atoms with E-state index in [2.05, 4.69) is 4.84 Å². The fourth-order valence-corrected chi connectivity index (χ4v) is 5.51. The Morgan fingerprint density at radius 2 is 1.85 bits per heavy atom. The van der Waals surface area contributed by atoms with Crippen LogP contribution in [0.4, 0.5) is 0 Å². The van der Waals surface area contributed by atoms with Crippen LogP contribution in [-0.2, 0) is 34.2 Å². The van der Waals surface area contributed by atoms with Gasteiger partial charge in [-0.3, -0.25) is 9.59 Å². The standard InChI is InChI=1S/C27H33NO11/c1-26(2,25(34)37-9-5-6-10-38-28(35)36)15-11-20(30)24(21(12-15)39-23(33)8-7-22(31)32)16-13-19(29)18-14-17(16)27(18,3)4/h7-8,11-12,16-18,30H,5-6,9-10,13-14H2,1-4H3,(H,31,32)/b8-7+/t16-,17+,18+/m0/s1. The minimum atomic E-state index is -1.35. The molecule has 4 rings (SSSR count). The number of carboxylic acid groups (broad SMARTS) is 1. The van der Waals surface area contributed by atoms with E-state index in [-0.39, 0.29) is 65.3 Å². The first kappa shape index (κ1) is 29.6. The summed E-state index contributed by atoms with van der Waals surface area (Å²) in [5, 5.41) is 29.3. The van der Waals surface area contributed by atoms with E-state index < -0.39 is 34.3 Å². The lowest BCUT2D eigenvalue weighted by Gasteiger charge is -2.59. The molecule has 0 heterocycles. The lowest BCUT2D eigenvalue weighted by molar-refractivity contribution is -0.757. The third-order valence-electron chi connectivity index (χ3n) is 7.90. The van der Waals surface area contributed by atoms with Gasteiger partial charge >= 0.3 is 17.9 Å². The zero-order chi connectivity index (χ0) is 29.1. The number of carbonyl (C=O) groups is 4. The molecule has 12 nitrogen and oxygen atoms in total. The van der Waals surface area contributed by atoms with E-state index in [1.54, 1.807) is 13.8 Å². The lowest BCUT2D eigenvalue weighted by atomic mass is 9.44. The number of ether oxygens (including phenoxy) is 2. The molecule has 3 aliphatic carbocycles. The molecule has 3 aliphatic rings. The number of phenols is 1. The summed E-state index contributed by atoms with van der Waals surface area (Å²) in [6.07, 6.45) is 2.78. The summed E-state index contributed by atoms with van der Waals surface area (Å²) in [5.41, 5.74) is -1.09. The van der Waals surface area contributed by atoms with Crippen LogP contribution in [0.2, 0.25) is 0 Å². The van der Waals surface area contributed by atoms with Crippen LogP contribution in [0.1, 0.15) is 70.4 Å². The van der Waals surface area contributed by atoms with Gasteiger partial charge in [0.05, 0.1) is 18.6 Å². The number of esters is 2. The fraction of sp³-hybridized carbons (Fsp3) is 0.556. The van der Waals surface area contributed by atoms with Crippen molar-refractivity contribution < 1.29 is 48.8 Å². The van der Waals surface area contributed by atoms with Crippen molar-refractivity contribution in [1.82, 2.24) is 0 Å². The zero-order valence-corrected chi connectivity index (χ0v) is 22.3. The lowest BCUT2D eigenvalue weighted by Crippen LogP contribution is -2.56. The summed E-state index contributed by atoms with van der Waals surface area (Å²) < 4.78 is 10.8. The smallest absolute Gasteiger partial charge is 0.336 e. The molecule has 3 atom stereocenters. The molecular weight excluding hydrogens is 514 g/mol. The number of unbranched alkanes of at least 4 members (excludes halogenated alkanes) is 1. The molecule has 3 fully saturated rings. The molecule has 2 bridgehead atoms. The first-order valence-electron chi connectivity index (χ1n) is 12.6. The molecule has 1 aromatic rings. The minimum absolute atomic E-state index is 0.0165. The number of Topliss-reactive ketones (excluding diaryl/α,β-unsaturated/α-hetero) is 1. The van der Waals surface area contributed by atoms with Crippen LogP contribution in [0.15, 0.2) is 24.3 Å². The van der Waals surface area contributed by atoms with Crippen molar-refractivity contribution in [3.05, 3.63) is 45.5 Å². The van der Waals surface area contributed by atoms with Gasteiger partial charge in [0, 0.05) is 36.0 Å². The Morgan fingerprint density at radius 1 is 1.18 bits per heavy atom. The average Bonchev–Trinajstić information content (AvgIpc) is 2.83. The normalized spacial score (nSPS) is 21.6. The van der Waals surface area contributed by atoms with Gasteiger partial charge in [-0.1, -0.05) is 13.8 Å². The fourth-order valence-electron chi connectivity index (χ4n) is 5.51. The molecule has 0 amide bonds. The molecule has 0 unspecified atom stereocenters. The summed E-state index contributed by atoms with van der Waals surface area (Å²) in [5.74, 6) is -3.72. The van der Waals surface area contributed by atoms with E-state index in [9.17, 15) is 34.4 Å². The van der Waals surface area contributed by atoms with Crippen molar-refractivity contribution in [1.29, 1.82) is 0 Å². The number of fused-ring (bicyclic) bond motifs is 2. The third kappa shape index (κ3) is 6.37. The Balaban J connectivity index is 1.89. The van der Waals surface area contributed by atoms with Gasteiger partial charge in [-0.2, -0.15) is 0 Å². The number of aromatic hydroxyl groups is 1. The highest BCUT2D eigenvalue weighted by atomic mass is 16.9. The number of hydrogen-bond donors (Lipinski definition) is 2. The second-order valence-corrected chi connectivity index (χ2v) is 11.0. The van der Waals surface area contributed by atoms with Crippen molar-refractivity contribution in [2.24, 2.45) is 17.3 Å². The van der Waals surface area contributed by atoms with Gasteiger partial charge in [0.25, 0.3) is 5.09 Å². The second-order valence-electron chi connectivity index (χ2n) is 11.0. The van der Waals surface area contributed by atoms with Crippen LogP contribution < -0.4 is 4.74 Å². The Bertz CT molecular complexity index is 1200. The van der Waals surface area contributed by atoms with Crippen molar-refractivity contribution in [2.45, 2.75) is 64.7 Å². The van der Waals surface area contributed by atoms with Crippen molar-refractivity contribution >= 4 is 23.7 Å². The highest BCUT2D eigenvalue weighted by molar-refractivity contribution is 5.92. The number of aliphatic carboxylic acids is 1. The average molecular weight is 548 g/mol. The Labute approximate surface area is 225 Å². The van der Waals surface area contributed by atoms with E-state index >= 15 is 0 Å². The molecule has 0 aromatic heterocycles. The minimum Gasteiger partial charge on any atom is -0.508 e. The number of ketones is 1. The third-order valence-corrected chi connectivity index (χ3v) is 7.90. The second kappa shape index (κ2) is 11.4. The highest BCUT2D eigenvalue weighted by Gasteiger charge is 2.59. The van der Waals surface area contributed by atoms with Crippen LogP contribution in [0.5, 0.6) is 11.5 Å². The van der Waals surface area contributed by atoms with Crippen LogP contribution in [-0.4, -0.2) is 52.2 Å². The first-order chi connectivity index (χ1) is 18.2. The Kier molecular flexibility index (Phi) is 8.67. The van der Waals surface area contributed by atoms with Crippen LogP contribution >= 0.6 is 0 Å². The predicted molar refractivity (Wildman–Crippen MR) is 134 cm³/mol. The van der Waals surface area contributed by atoms with Gasteiger partial charge in [-0.05, 0) is 62.1 Å². The summed E-state index contributed by atoms with van der Waals surface area (Å²) >= 11 is 0. The van der Waals surface area contributed by atoms with Crippen LogP contribution in [0.25, 0.3) is 0 Å². The van der Waals surface area contributed by atoms with Gasteiger partial charge in [0.2, 0.25) is 0 Å². The molecule has 39 heavy (non-hydrogen) atoms. The number of benzene rings is 1. The maximum absolute atomic E-state index is 12.9. The summed E-state index contributed by atoms with van der Waals surface area (Å²) in [6.45, 7) is 6.95. The monoisotopic (exact) mass is 547 g/mol. The topological polar surface area (TPSA) is 180 Å². The van der Waals surface area contributed by atoms with Crippen LogP contribution in [0, 0.1) is 27.4 Å². The van der Waals surface area contributed by atoms with Gasteiger partial charge < -0.3 is 24.5 Å². The molecule has 0 radical (unpaired) electrons. The SMILES string of the molecule is CC(C)(C(=O)OCCCCO[N+](=O)[O-])c1cc(O)c([C@H]2CC(=O)[C@H]3C[C@H]2C3(C)C)c(OC(=O)/C=C/C(=O)O)c1. The van der Waals surface area contributed by atoms with Crippen molar-refractivity contribution in [3.8, 4) is 11.5 Å². The van der Waals surface area contributed by atoms with Gasteiger partial charge in [0.1, 0.15) is 17.3 Å².